The molecule has 3 aromatic carbocycles. The number of ether oxygens (including phenoxy) is 4. The molecule has 0 bridgehead atoms. The number of anilines is 2. The van der Waals surface area contributed by atoms with Crippen LogP contribution >= 0.6 is 0 Å². The van der Waals surface area contributed by atoms with E-state index in [2.05, 4.69) is 60.6 Å². The van der Waals surface area contributed by atoms with Crippen LogP contribution in [0.5, 0.6) is 5.75 Å². The van der Waals surface area contributed by atoms with Gasteiger partial charge < -0.3 is 29.6 Å². The van der Waals surface area contributed by atoms with Gasteiger partial charge in [-0.1, -0.05) is 63.2 Å². The average molecular weight is 639 g/mol. The molecular formula is C38H46N4O5. The smallest absolute Gasteiger partial charge is 0.323 e. The molecule has 248 valence electrons. The standard InChI is InChI=1S/C38H46N4O5/c1-37(2,3)27-19-26(20-29-24-46-38(4,5)47-29)35(44-6)34(21-27)41-36(43)40-33-14-13-30(31-9-7-8-10-32(31)33)25-11-12-28(39-22-25)23-42-15-17-45-18-16-42/h7-14,19,21-22,29H,15-18,20,23-24H2,1-6H3,(H2,40,41,43). The summed E-state index contributed by atoms with van der Waals surface area (Å²) in [7, 11) is 1.63. The lowest BCUT2D eigenvalue weighted by Crippen LogP contribution is -2.35. The number of methoxy groups -OCH3 is 1. The van der Waals surface area contributed by atoms with Gasteiger partial charge >= 0.3 is 6.03 Å². The number of carbonyl (C=O) groups excluding carboxylic acids is 1. The first-order valence-corrected chi connectivity index (χ1v) is 16.4. The van der Waals surface area contributed by atoms with Crippen molar-refractivity contribution in [3.63, 3.8) is 0 Å². The first kappa shape index (κ1) is 32.9. The highest BCUT2D eigenvalue weighted by atomic mass is 16.7. The van der Waals surface area contributed by atoms with E-state index in [4.69, 9.17) is 23.9 Å². The molecule has 1 aromatic heterocycles. The monoisotopic (exact) mass is 638 g/mol. The molecule has 2 amide bonds. The molecule has 1 atom stereocenters. The minimum Gasteiger partial charge on any atom is -0.494 e. The minimum absolute atomic E-state index is 0.114. The number of amides is 2. The van der Waals surface area contributed by atoms with Crippen molar-refractivity contribution in [3.05, 3.63) is 83.7 Å². The zero-order chi connectivity index (χ0) is 33.2. The van der Waals surface area contributed by atoms with E-state index in [1.165, 1.54) is 0 Å². The lowest BCUT2D eigenvalue weighted by molar-refractivity contribution is -0.138. The SMILES string of the molecule is COc1c(CC2COC(C)(C)O2)cc(C(C)(C)C)cc1NC(=O)Nc1ccc(-c2ccc(CN3CCOCC3)nc2)c2ccccc12. The summed E-state index contributed by atoms with van der Waals surface area (Å²) in [6.45, 7) is 15.0. The largest absolute Gasteiger partial charge is 0.494 e. The molecule has 2 aliphatic rings. The molecule has 0 spiro atoms. The Morgan fingerprint density at radius 3 is 2.40 bits per heavy atom. The molecule has 0 radical (unpaired) electrons. The molecule has 6 rings (SSSR count). The van der Waals surface area contributed by atoms with E-state index in [0.717, 1.165) is 71.6 Å². The average Bonchev–Trinajstić information content (AvgIpc) is 3.39. The molecule has 47 heavy (non-hydrogen) atoms. The summed E-state index contributed by atoms with van der Waals surface area (Å²) < 4.78 is 23.3. The quantitative estimate of drug-likeness (QED) is 0.208. The van der Waals surface area contributed by atoms with Gasteiger partial charge in [-0.05, 0) is 59.5 Å². The fourth-order valence-corrected chi connectivity index (χ4v) is 6.32. The van der Waals surface area contributed by atoms with E-state index >= 15 is 0 Å². The molecule has 2 saturated heterocycles. The van der Waals surface area contributed by atoms with E-state index in [-0.39, 0.29) is 17.6 Å². The van der Waals surface area contributed by atoms with Gasteiger partial charge in [0.05, 0.1) is 50.1 Å². The van der Waals surface area contributed by atoms with Crippen molar-refractivity contribution in [1.82, 2.24) is 9.88 Å². The van der Waals surface area contributed by atoms with Crippen molar-refractivity contribution in [3.8, 4) is 16.9 Å². The lowest BCUT2D eigenvalue weighted by atomic mass is 9.85. The maximum atomic E-state index is 13.6. The number of aromatic nitrogens is 1. The summed E-state index contributed by atoms with van der Waals surface area (Å²) in [6.07, 6.45) is 2.42. The summed E-state index contributed by atoms with van der Waals surface area (Å²) in [5.41, 5.74) is 6.33. The summed E-state index contributed by atoms with van der Waals surface area (Å²) in [5, 5.41) is 8.15. The Kier molecular flexibility index (Phi) is 9.53. The van der Waals surface area contributed by atoms with Crippen LogP contribution in [0.1, 0.15) is 51.4 Å². The van der Waals surface area contributed by atoms with Crippen LogP contribution in [0.15, 0.2) is 66.9 Å². The highest BCUT2D eigenvalue weighted by Gasteiger charge is 2.34. The molecule has 3 heterocycles. The normalized spacial score (nSPS) is 18.3. The second-order valence-electron chi connectivity index (χ2n) is 13.8. The van der Waals surface area contributed by atoms with E-state index in [9.17, 15) is 4.79 Å². The van der Waals surface area contributed by atoms with Crippen molar-refractivity contribution in [2.75, 3.05) is 50.7 Å². The van der Waals surface area contributed by atoms with Gasteiger partial charge in [0, 0.05) is 43.2 Å². The second-order valence-corrected chi connectivity index (χ2v) is 13.8. The van der Waals surface area contributed by atoms with Gasteiger partial charge in [-0.25, -0.2) is 4.79 Å². The molecule has 4 aromatic rings. The Bertz CT molecular complexity index is 1730. The number of carbonyl (C=O) groups is 1. The number of rotatable bonds is 8. The van der Waals surface area contributed by atoms with Gasteiger partial charge in [-0.15, -0.1) is 0 Å². The van der Waals surface area contributed by atoms with Gasteiger partial charge in [0.1, 0.15) is 5.75 Å². The van der Waals surface area contributed by atoms with Crippen molar-refractivity contribution in [2.45, 2.75) is 64.9 Å². The number of hydrogen-bond acceptors (Lipinski definition) is 7. The van der Waals surface area contributed by atoms with Gasteiger partial charge in [0.25, 0.3) is 0 Å². The predicted octanol–water partition coefficient (Wildman–Crippen LogP) is 7.38. The Hall–Kier alpha value is -4.02. The number of pyridine rings is 1. The van der Waals surface area contributed by atoms with Crippen LogP contribution in [-0.2, 0) is 32.6 Å². The molecule has 2 fully saturated rings. The molecule has 9 heteroatoms. The zero-order valence-electron chi connectivity index (χ0n) is 28.3. The van der Waals surface area contributed by atoms with Crippen LogP contribution in [0.25, 0.3) is 21.9 Å². The Morgan fingerprint density at radius 2 is 1.74 bits per heavy atom. The second kappa shape index (κ2) is 13.6. The lowest BCUT2D eigenvalue weighted by Gasteiger charge is -2.26. The zero-order valence-corrected chi connectivity index (χ0v) is 28.3. The van der Waals surface area contributed by atoms with Gasteiger partial charge in [0.2, 0.25) is 0 Å². The number of morpholine rings is 1. The molecule has 0 aliphatic carbocycles. The third-order valence-electron chi connectivity index (χ3n) is 8.80. The van der Waals surface area contributed by atoms with Gasteiger partial charge in [0.15, 0.2) is 5.79 Å². The minimum atomic E-state index is -0.623. The van der Waals surface area contributed by atoms with Crippen LogP contribution in [0.4, 0.5) is 16.2 Å². The summed E-state index contributed by atoms with van der Waals surface area (Å²) >= 11 is 0. The number of nitrogens with zero attached hydrogens (tertiary/aromatic N) is 2. The molecule has 9 nitrogen and oxygen atoms in total. The Balaban J connectivity index is 1.23. The highest BCUT2D eigenvalue weighted by molar-refractivity contribution is 6.10. The summed E-state index contributed by atoms with van der Waals surface area (Å²) in [5.74, 6) is -0.00631. The van der Waals surface area contributed by atoms with E-state index in [1.54, 1.807) is 7.11 Å². The molecule has 2 N–H and O–H groups in total. The van der Waals surface area contributed by atoms with Crippen LogP contribution in [0.2, 0.25) is 0 Å². The number of fused-ring (bicyclic) bond motifs is 1. The number of hydrogen-bond donors (Lipinski definition) is 2. The maximum Gasteiger partial charge on any atom is 0.323 e. The number of benzene rings is 3. The first-order valence-electron chi connectivity index (χ1n) is 16.4. The fraction of sp³-hybridized carbons (Fsp3) is 0.421. The van der Waals surface area contributed by atoms with E-state index < -0.39 is 5.79 Å². The highest BCUT2D eigenvalue weighted by Crippen LogP contribution is 2.38. The topological polar surface area (TPSA) is 94.2 Å². The van der Waals surface area contributed by atoms with Crippen LogP contribution in [-0.4, -0.2) is 67.8 Å². The molecular weight excluding hydrogens is 592 g/mol. The van der Waals surface area contributed by atoms with Crippen LogP contribution in [0.3, 0.4) is 0 Å². The third kappa shape index (κ3) is 7.76. The van der Waals surface area contributed by atoms with Crippen molar-refractivity contribution in [1.29, 1.82) is 0 Å². The van der Waals surface area contributed by atoms with Crippen molar-refractivity contribution < 1.29 is 23.7 Å². The molecule has 1 unspecified atom stereocenters. The number of nitrogens with one attached hydrogen (secondary N) is 2. The third-order valence-corrected chi connectivity index (χ3v) is 8.80. The Morgan fingerprint density at radius 1 is 1.00 bits per heavy atom. The van der Waals surface area contributed by atoms with E-state index in [1.807, 2.05) is 56.4 Å². The first-order chi connectivity index (χ1) is 22.5. The van der Waals surface area contributed by atoms with Crippen molar-refractivity contribution >= 4 is 28.2 Å². The van der Waals surface area contributed by atoms with E-state index in [0.29, 0.717) is 30.2 Å². The number of urea groups is 1. The maximum absolute atomic E-state index is 13.6. The summed E-state index contributed by atoms with van der Waals surface area (Å²) in [6, 6.07) is 20.1. The Labute approximate surface area is 277 Å². The van der Waals surface area contributed by atoms with Crippen LogP contribution in [0, 0.1) is 0 Å². The van der Waals surface area contributed by atoms with Crippen LogP contribution < -0.4 is 15.4 Å². The molecule has 2 aliphatic heterocycles. The molecule has 0 saturated carbocycles. The predicted molar refractivity (Wildman–Crippen MR) is 186 cm³/mol. The summed E-state index contributed by atoms with van der Waals surface area (Å²) in [4.78, 5) is 20.7. The van der Waals surface area contributed by atoms with Gasteiger partial charge in [-0.2, -0.15) is 0 Å². The van der Waals surface area contributed by atoms with Crippen molar-refractivity contribution in [2.24, 2.45) is 0 Å². The fourth-order valence-electron chi connectivity index (χ4n) is 6.32. The van der Waals surface area contributed by atoms with Gasteiger partial charge in [-0.3, -0.25) is 9.88 Å².